The third-order valence-electron chi connectivity index (χ3n) is 6.90. The molecule has 0 amide bonds. The maximum absolute atomic E-state index is 10.3. The van der Waals surface area contributed by atoms with E-state index in [1.165, 1.54) is 0 Å². The minimum absolute atomic E-state index is 0.0513. The number of fused-ring (bicyclic) bond motifs is 2. The van der Waals surface area contributed by atoms with Crippen molar-refractivity contribution < 1.29 is 4.74 Å². The summed E-state index contributed by atoms with van der Waals surface area (Å²) in [5.41, 5.74) is 6.84. The monoisotopic (exact) mass is 423 g/mol. The number of nitrogens with two attached hydrogens (primary N) is 1. The largest absolute Gasteiger partial charge is 0.496 e. The van der Waals surface area contributed by atoms with E-state index in [4.69, 9.17) is 10.5 Å². The number of allylic oxidation sites excluding steroid dienone is 2. The van der Waals surface area contributed by atoms with Crippen LogP contribution in [0.15, 0.2) is 59.3 Å². The highest BCUT2D eigenvalue weighted by Gasteiger charge is 2.54. The van der Waals surface area contributed by atoms with Crippen LogP contribution in [0, 0.1) is 45.3 Å². The van der Waals surface area contributed by atoms with Gasteiger partial charge in [0.25, 0.3) is 0 Å². The van der Waals surface area contributed by atoms with Gasteiger partial charge in [-0.1, -0.05) is 36.4 Å². The van der Waals surface area contributed by atoms with Gasteiger partial charge in [-0.25, -0.2) is 0 Å². The fraction of sp³-hybridized carbons (Fsp3) is 0.346. The van der Waals surface area contributed by atoms with Crippen molar-refractivity contribution in [1.29, 1.82) is 15.8 Å². The molecule has 2 atom stereocenters. The van der Waals surface area contributed by atoms with Crippen molar-refractivity contribution >= 4 is 10.8 Å². The van der Waals surface area contributed by atoms with E-state index >= 15 is 0 Å². The number of ether oxygens (including phenoxy) is 1. The molecule has 0 spiro atoms. The Bertz CT molecular complexity index is 1250. The van der Waals surface area contributed by atoms with Crippen molar-refractivity contribution in [3.05, 3.63) is 64.9 Å². The minimum atomic E-state index is -1.65. The predicted octanol–water partition coefficient (Wildman–Crippen LogP) is 3.98. The molecule has 0 bridgehead atoms. The zero-order valence-electron chi connectivity index (χ0n) is 18.5. The van der Waals surface area contributed by atoms with E-state index in [1.807, 2.05) is 42.5 Å². The molecule has 6 heteroatoms. The fourth-order valence-electron chi connectivity index (χ4n) is 5.21. The molecule has 0 fully saturated rings. The summed E-state index contributed by atoms with van der Waals surface area (Å²) in [6, 6.07) is 18.6. The molecule has 2 unspecified atom stereocenters. The predicted molar refractivity (Wildman–Crippen MR) is 122 cm³/mol. The molecule has 0 aromatic heterocycles. The third-order valence-corrected chi connectivity index (χ3v) is 6.90. The summed E-state index contributed by atoms with van der Waals surface area (Å²) in [5, 5.41) is 32.4. The van der Waals surface area contributed by atoms with Crippen LogP contribution in [0.4, 0.5) is 0 Å². The van der Waals surface area contributed by atoms with Crippen molar-refractivity contribution in [2.75, 3.05) is 20.2 Å². The molecule has 0 saturated heterocycles. The SMILES string of the molecule is COc1ccc(C2C3CN(C(C)C)CC=C3C(C#N)=C(N)C2(C#N)C#N)c2ccccc12. The lowest BCUT2D eigenvalue weighted by Crippen LogP contribution is -2.49. The lowest BCUT2D eigenvalue weighted by molar-refractivity contribution is 0.174. The molecular formula is C26H25N5O. The standard InChI is InChI=1S/C26H25N5O/c1-16(2)31-11-10-18-21(12-27)25(30)26(14-28,15-29)24(22(18)13-31)20-8-9-23(32-3)19-7-5-4-6-17(19)20/h4-10,16,22,24H,11,13,30H2,1-3H3. The number of benzene rings is 2. The summed E-state index contributed by atoms with van der Waals surface area (Å²) in [6.45, 7) is 5.58. The first-order valence-corrected chi connectivity index (χ1v) is 10.7. The lowest BCUT2D eigenvalue weighted by Gasteiger charge is -2.46. The van der Waals surface area contributed by atoms with Gasteiger partial charge in [0.2, 0.25) is 0 Å². The summed E-state index contributed by atoms with van der Waals surface area (Å²) < 4.78 is 5.56. The van der Waals surface area contributed by atoms with Crippen LogP contribution in [0.2, 0.25) is 0 Å². The van der Waals surface area contributed by atoms with E-state index in [0.717, 1.165) is 27.7 Å². The first-order chi connectivity index (χ1) is 15.4. The van der Waals surface area contributed by atoms with Gasteiger partial charge < -0.3 is 10.5 Å². The molecule has 1 heterocycles. The van der Waals surface area contributed by atoms with Crippen molar-refractivity contribution in [1.82, 2.24) is 4.90 Å². The highest BCUT2D eigenvalue weighted by molar-refractivity contribution is 5.92. The Morgan fingerprint density at radius 1 is 1.09 bits per heavy atom. The van der Waals surface area contributed by atoms with Crippen LogP contribution in [0.25, 0.3) is 10.8 Å². The summed E-state index contributed by atoms with van der Waals surface area (Å²) >= 11 is 0. The number of rotatable bonds is 3. The molecule has 32 heavy (non-hydrogen) atoms. The zero-order chi connectivity index (χ0) is 23.0. The number of methoxy groups -OCH3 is 1. The highest BCUT2D eigenvalue weighted by Crippen LogP contribution is 2.55. The second kappa shape index (κ2) is 8.04. The number of nitriles is 3. The molecule has 1 aliphatic heterocycles. The molecule has 2 N–H and O–H groups in total. The molecule has 2 aromatic rings. The van der Waals surface area contributed by atoms with Gasteiger partial charge in [-0.05, 0) is 36.4 Å². The van der Waals surface area contributed by atoms with Crippen LogP contribution in [0.5, 0.6) is 5.75 Å². The molecule has 2 aliphatic rings. The number of hydrogen-bond donors (Lipinski definition) is 1. The second-order valence-electron chi connectivity index (χ2n) is 8.63. The Morgan fingerprint density at radius 2 is 1.78 bits per heavy atom. The summed E-state index contributed by atoms with van der Waals surface area (Å²) in [6.07, 6.45) is 2.04. The Hall–Kier alpha value is -3.79. The van der Waals surface area contributed by atoms with Crippen LogP contribution < -0.4 is 10.5 Å². The van der Waals surface area contributed by atoms with Crippen LogP contribution in [0.3, 0.4) is 0 Å². The van der Waals surface area contributed by atoms with Gasteiger partial charge in [-0.15, -0.1) is 0 Å². The topological polar surface area (TPSA) is 110 Å². The molecule has 4 rings (SSSR count). The lowest BCUT2D eigenvalue weighted by atomic mass is 9.57. The Labute approximate surface area is 188 Å². The van der Waals surface area contributed by atoms with Crippen molar-refractivity contribution in [3.8, 4) is 24.0 Å². The maximum atomic E-state index is 10.3. The fourth-order valence-corrected chi connectivity index (χ4v) is 5.21. The average molecular weight is 424 g/mol. The second-order valence-corrected chi connectivity index (χ2v) is 8.63. The van der Waals surface area contributed by atoms with Gasteiger partial charge in [-0.2, -0.15) is 15.8 Å². The van der Waals surface area contributed by atoms with E-state index in [9.17, 15) is 15.8 Å². The van der Waals surface area contributed by atoms with Crippen LogP contribution >= 0.6 is 0 Å². The molecule has 0 radical (unpaired) electrons. The van der Waals surface area contributed by atoms with Crippen LogP contribution in [-0.4, -0.2) is 31.1 Å². The van der Waals surface area contributed by atoms with E-state index in [2.05, 4.69) is 37.0 Å². The van der Waals surface area contributed by atoms with E-state index in [1.54, 1.807) is 7.11 Å². The average Bonchev–Trinajstić information content (AvgIpc) is 2.82. The van der Waals surface area contributed by atoms with Gasteiger partial charge in [0.05, 0.1) is 30.5 Å². The van der Waals surface area contributed by atoms with Gasteiger partial charge in [0.1, 0.15) is 11.8 Å². The molecule has 6 nitrogen and oxygen atoms in total. The van der Waals surface area contributed by atoms with E-state index in [0.29, 0.717) is 13.1 Å². The van der Waals surface area contributed by atoms with Crippen molar-refractivity contribution in [2.24, 2.45) is 17.1 Å². The first-order valence-electron chi connectivity index (χ1n) is 10.7. The molecule has 1 aliphatic carbocycles. The van der Waals surface area contributed by atoms with Crippen LogP contribution in [0.1, 0.15) is 25.3 Å². The van der Waals surface area contributed by atoms with Crippen molar-refractivity contribution in [2.45, 2.75) is 25.8 Å². The molecule has 2 aromatic carbocycles. The quantitative estimate of drug-likeness (QED) is 0.799. The van der Waals surface area contributed by atoms with E-state index in [-0.39, 0.29) is 23.2 Å². The van der Waals surface area contributed by atoms with Crippen LogP contribution in [-0.2, 0) is 0 Å². The third kappa shape index (κ3) is 2.94. The Morgan fingerprint density at radius 3 is 2.38 bits per heavy atom. The normalized spacial score (nSPS) is 22.5. The maximum Gasteiger partial charge on any atom is 0.191 e. The summed E-state index contributed by atoms with van der Waals surface area (Å²) in [7, 11) is 1.62. The highest BCUT2D eigenvalue weighted by atomic mass is 16.5. The van der Waals surface area contributed by atoms with Gasteiger partial charge in [-0.3, -0.25) is 4.90 Å². The molecule has 160 valence electrons. The number of hydrogen-bond acceptors (Lipinski definition) is 6. The van der Waals surface area contributed by atoms with Gasteiger partial charge in [0, 0.05) is 36.4 Å². The van der Waals surface area contributed by atoms with E-state index < -0.39 is 11.3 Å². The Balaban J connectivity index is 2.07. The zero-order valence-corrected chi connectivity index (χ0v) is 18.5. The van der Waals surface area contributed by atoms with Crippen molar-refractivity contribution in [3.63, 3.8) is 0 Å². The summed E-state index contributed by atoms with van der Waals surface area (Å²) in [5.74, 6) is -0.0217. The minimum Gasteiger partial charge on any atom is -0.496 e. The molecular weight excluding hydrogens is 398 g/mol. The van der Waals surface area contributed by atoms with Gasteiger partial charge >= 0.3 is 0 Å². The summed E-state index contributed by atoms with van der Waals surface area (Å²) in [4.78, 5) is 2.29. The number of nitrogens with zero attached hydrogens (tertiary/aromatic N) is 4. The van der Waals surface area contributed by atoms with Gasteiger partial charge in [0.15, 0.2) is 5.41 Å². The smallest absolute Gasteiger partial charge is 0.191 e. The molecule has 0 saturated carbocycles. The Kier molecular flexibility index (Phi) is 5.39. The first kappa shape index (κ1) is 21.4.